The van der Waals surface area contributed by atoms with E-state index in [4.69, 9.17) is 9.47 Å². The monoisotopic (exact) mass is 458 g/mol. The predicted octanol–water partition coefficient (Wildman–Crippen LogP) is 4.97. The number of ether oxygens (including phenoxy) is 2. The smallest absolute Gasteiger partial charge is 0.251 e. The molecule has 34 heavy (non-hydrogen) atoms. The first-order valence-corrected chi connectivity index (χ1v) is 10.5. The van der Waals surface area contributed by atoms with Crippen LogP contribution >= 0.6 is 0 Å². The first-order chi connectivity index (χ1) is 16.6. The third-order valence-electron chi connectivity index (χ3n) is 5.13. The van der Waals surface area contributed by atoms with E-state index >= 15 is 0 Å². The van der Waals surface area contributed by atoms with Crippen molar-refractivity contribution in [3.8, 4) is 22.8 Å². The van der Waals surface area contributed by atoms with Gasteiger partial charge in [0, 0.05) is 35.0 Å². The van der Waals surface area contributed by atoms with Crippen molar-refractivity contribution in [1.29, 1.82) is 0 Å². The molecule has 0 saturated carbocycles. The molecule has 0 saturated heterocycles. The molecule has 172 valence electrons. The van der Waals surface area contributed by atoms with Crippen molar-refractivity contribution in [2.75, 3.05) is 19.5 Å². The molecule has 1 amide bonds. The van der Waals surface area contributed by atoms with Crippen LogP contribution in [0.2, 0.25) is 0 Å². The topological polar surface area (TPSA) is 85.4 Å². The van der Waals surface area contributed by atoms with Gasteiger partial charge in [-0.15, -0.1) is 0 Å². The number of hydrogen-bond donors (Lipinski definition) is 2. The van der Waals surface area contributed by atoms with Crippen LogP contribution in [-0.4, -0.2) is 30.1 Å². The molecule has 7 nitrogen and oxygen atoms in total. The molecule has 1 heterocycles. The number of amides is 1. The number of halogens is 1. The lowest BCUT2D eigenvalue weighted by atomic mass is 10.1. The number of hydrogen-bond acceptors (Lipinski definition) is 6. The van der Waals surface area contributed by atoms with Gasteiger partial charge in [-0.1, -0.05) is 6.07 Å². The van der Waals surface area contributed by atoms with Crippen molar-refractivity contribution in [2.24, 2.45) is 0 Å². The predicted molar refractivity (Wildman–Crippen MR) is 128 cm³/mol. The van der Waals surface area contributed by atoms with Crippen molar-refractivity contribution in [2.45, 2.75) is 6.54 Å². The van der Waals surface area contributed by atoms with Crippen LogP contribution in [0.3, 0.4) is 0 Å². The second-order valence-corrected chi connectivity index (χ2v) is 7.36. The SMILES string of the molecule is COc1ccc(OC)c(CNC(=O)c2cccc(Nc3cc(-c4ccc(F)cc4)ncn3)c2)c1. The van der Waals surface area contributed by atoms with Gasteiger partial charge < -0.3 is 20.1 Å². The number of carbonyl (C=O) groups excluding carboxylic acids is 1. The van der Waals surface area contributed by atoms with E-state index < -0.39 is 0 Å². The third kappa shape index (κ3) is 5.47. The summed E-state index contributed by atoms with van der Waals surface area (Å²) in [4.78, 5) is 21.3. The molecule has 4 aromatic rings. The Morgan fingerprint density at radius 1 is 0.941 bits per heavy atom. The van der Waals surface area contributed by atoms with Crippen molar-refractivity contribution in [3.05, 3.63) is 96.1 Å². The second kappa shape index (κ2) is 10.4. The fraction of sp³-hybridized carbons (Fsp3) is 0.115. The highest BCUT2D eigenvalue weighted by atomic mass is 19.1. The van der Waals surface area contributed by atoms with Gasteiger partial charge in [-0.3, -0.25) is 4.79 Å². The van der Waals surface area contributed by atoms with Gasteiger partial charge in [-0.25, -0.2) is 14.4 Å². The molecule has 0 spiro atoms. The molecule has 0 radical (unpaired) electrons. The summed E-state index contributed by atoms with van der Waals surface area (Å²) in [5.41, 5.74) is 3.40. The Labute approximate surface area is 196 Å². The van der Waals surface area contributed by atoms with Crippen LogP contribution in [0.5, 0.6) is 11.5 Å². The van der Waals surface area contributed by atoms with Gasteiger partial charge in [0.2, 0.25) is 0 Å². The summed E-state index contributed by atoms with van der Waals surface area (Å²) in [5, 5.41) is 6.10. The van der Waals surface area contributed by atoms with Crippen molar-refractivity contribution >= 4 is 17.4 Å². The summed E-state index contributed by atoms with van der Waals surface area (Å²) in [6.45, 7) is 0.282. The summed E-state index contributed by atoms with van der Waals surface area (Å²) in [6.07, 6.45) is 1.43. The molecule has 0 bridgehead atoms. The van der Waals surface area contributed by atoms with Gasteiger partial charge in [0.25, 0.3) is 5.91 Å². The first kappa shape index (κ1) is 22.7. The van der Waals surface area contributed by atoms with Gasteiger partial charge in [0.05, 0.1) is 19.9 Å². The Bertz CT molecular complexity index is 1300. The van der Waals surface area contributed by atoms with E-state index in [9.17, 15) is 9.18 Å². The minimum Gasteiger partial charge on any atom is -0.497 e. The lowest BCUT2D eigenvalue weighted by Crippen LogP contribution is -2.23. The lowest BCUT2D eigenvalue weighted by molar-refractivity contribution is 0.0950. The van der Waals surface area contributed by atoms with E-state index in [1.807, 2.05) is 12.1 Å². The van der Waals surface area contributed by atoms with Gasteiger partial charge in [0.1, 0.15) is 29.5 Å². The minimum absolute atomic E-state index is 0.233. The van der Waals surface area contributed by atoms with Crippen molar-refractivity contribution < 1.29 is 18.7 Å². The van der Waals surface area contributed by atoms with Gasteiger partial charge in [0.15, 0.2) is 0 Å². The van der Waals surface area contributed by atoms with Crippen molar-refractivity contribution in [3.63, 3.8) is 0 Å². The number of benzene rings is 3. The first-order valence-electron chi connectivity index (χ1n) is 10.5. The third-order valence-corrected chi connectivity index (χ3v) is 5.13. The van der Waals surface area contributed by atoms with E-state index in [1.54, 1.807) is 62.8 Å². The molecule has 3 aromatic carbocycles. The Morgan fingerprint density at radius 3 is 2.53 bits per heavy atom. The Kier molecular flexibility index (Phi) is 6.98. The molecule has 0 unspecified atom stereocenters. The zero-order valence-corrected chi connectivity index (χ0v) is 18.7. The summed E-state index contributed by atoms with van der Waals surface area (Å²) in [6, 6.07) is 20.3. The molecule has 4 rings (SSSR count). The van der Waals surface area contributed by atoms with E-state index in [0.29, 0.717) is 34.3 Å². The highest BCUT2D eigenvalue weighted by Gasteiger charge is 2.10. The fourth-order valence-electron chi connectivity index (χ4n) is 3.39. The van der Waals surface area contributed by atoms with E-state index in [-0.39, 0.29) is 18.3 Å². The molecule has 0 aliphatic rings. The zero-order valence-electron chi connectivity index (χ0n) is 18.7. The van der Waals surface area contributed by atoms with E-state index in [1.165, 1.54) is 18.5 Å². The quantitative estimate of drug-likeness (QED) is 0.388. The average molecular weight is 458 g/mol. The Balaban J connectivity index is 1.46. The van der Waals surface area contributed by atoms with Crippen molar-refractivity contribution in [1.82, 2.24) is 15.3 Å². The number of carbonyl (C=O) groups is 1. The molecule has 8 heteroatoms. The van der Waals surface area contributed by atoms with Gasteiger partial charge >= 0.3 is 0 Å². The van der Waals surface area contributed by atoms with Crippen LogP contribution in [-0.2, 0) is 6.54 Å². The molecule has 0 atom stereocenters. The number of anilines is 2. The average Bonchev–Trinajstić information content (AvgIpc) is 2.87. The number of nitrogens with one attached hydrogen (secondary N) is 2. The Morgan fingerprint density at radius 2 is 1.76 bits per heavy atom. The van der Waals surface area contributed by atoms with Crippen LogP contribution in [0.15, 0.2) is 79.1 Å². The molecule has 0 aliphatic heterocycles. The zero-order chi connectivity index (χ0) is 23.9. The maximum Gasteiger partial charge on any atom is 0.251 e. The van der Waals surface area contributed by atoms with E-state index in [0.717, 1.165) is 11.1 Å². The maximum absolute atomic E-state index is 13.2. The molecule has 0 aliphatic carbocycles. The molecular formula is C26H23FN4O3. The Hall–Kier alpha value is -4.46. The fourth-order valence-corrected chi connectivity index (χ4v) is 3.39. The summed E-state index contributed by atoms with van der Waals surface area (Å²) in [7, 11) is 3.17. The maximum atomic E-state index is 13.2. The lowest BCUT2D eigenvalue weighted by Gasteiger charge is -2.12. The van der Waals surface area contributed by atoms with Crippen LogP contribution in [0.25, 0.3) is 11.3 Å². The second-order valence-electron chi connectivity index (χ2n) is 7.36. The number of nitrogens with zero attached hydrogens (tertiary/aromatic N) is 2. The van der Waals surface area contributed by atoms with Crippen LogP contribution in [0, 0.1) is 5.82 Å². The molecule has 2 N–H and O–H groups in total. The van der Waals surface area contributed by atoms with Crippen LogP contribution < -0.4 is 20.1 Å². The molecular weight excluding hydrogens is 435 g/mol. The van der Waals surface area contributed by atoms with Crippen LogP contribution in [0.4, 0.5) is 15.9 Å². The highest BCUT2D eigenvalue weighted by molar-refractivity contribution is 5.95. The molecule has 0 fully saturated rings. The van der Waals surface area contributed by atoms with Gasteiger partial charge in [-0.2, -0.15) is 0 Å². The summed E-state index contributed by atoms with van der Waals surface area (Å²) < 4.78 is 23.8. The highest BCUT2D eigenvalue weighted by Crippen LogP contribution is 2.24. The number of aromatic nitrogens is 2. The summed E-state index contributed by atoms with van der Waals surface area (Å²) >= 11 is 0. The van der Waals surface area contributed by atoms with Gasteiger partial charge in [-0.05, 0) is 60.7 Å². The number of rotatable bonds is 8. The molecule has 1 aromatic heterocycles. The van der Waals surface area contributed by atoms with Crippen LogP contribution in [0.1, 0.15) is 15.9 Å². The standard InChI is InChI=1S/C26H23FN4O3/c1-33-22-10-11-24(34-2)19(13-22)15-28-26(32)18-4-3-5-21(12-18)31-25-14-23(29-16-30-25)17-6-8-20(27)9-7-17/h3-14,16H,15H2,1-2H3,(H,28,32)(H,29,30,31). The minimum atomic E-state index is -0.309. The number of methoxy groups -OCH3 is 2. The normalized spacial score (nSPS) is 10.4. The largest absolute Gasteiger partial charge is 0.497 e. The van der Waals surface area contributed by atoms with E-state index in [2.05, 4.69) is 20.6 Å². The summed E-state index contributed by atoms with van der Waals surface area (Å²) in [5.74, 6) is 1.35.